The molecule has 0 amide bonds. The van der Waals surface area contributed by atoms with E-state index in [9.17, 15) is 4.79 Å². The van der Waals surface area contributed by atoms with Crippen LogP contribution in [0, 0.1) is 0 Å². The highest BCUT2D eigenvalue weighted by Crippen LogP contribution is 2.12. The van der Waals surface area contributed by atoms with Crippen LogP contribution in [0.5, 0.6) is 0 Å². The van der Waals surface area contributed by atoms with Crippen LogP contribution in [0.4, 0.5) is 5.82 Å². The van der Waals surface area contributed by atoms with Crippen LogP contribution < -0.4 is 5.32 Å². The average molecular weight is 273 g/mol. The number of aromatic nitrogens is 6. The summed E-state index contributed by atoms with van der Waals surface area (Å²) in [7, 11) is 0. The van der Waals surface area contributed by atoms with Gasteiger partial charge in [-0.05, 0) is 6.07 Å². The first-order chi connectivity index (χ1) is 9.72. The highest BCUT2D eigenvalue weighted by Gasteiger charge is 2.06. The van der Waals surface area contributed by atoms with E-state index < -0.39 is 5.97 Å². The Balaban J connectivity index is 1.71. The molecule has 0 aliphatic rings. The van der Waals surface area contributed by atoms with E-state index in [0.29, 0.717) is 18.1 Å². The first-order valence-electron chi connectivity index (χ1n) is 5.85. The van der Waals surface area contributed by atoms with Crippen LogP contribution in [0.25, 0.3) is 5.52 Å². The highest BCUT2D eigenvalue weighted by atomic mass is 16.4. The number of fused-ring (bicyclic) bond motifs is 1. The van der Waals surface area contributed by atoms with Crippen LogP contribution in [-0.2, 0) is 17.9 Å². The van der Waals surface area contributed by atoms with Gasteiger partial charge in [-0.25, -0.2) is 14.2 Å². The summed E-state index contributed by atoms with van der Waals surface area (Å²) in [4.78, 5) is 14.8. The van der Waals surface area contributed by atoms with Gasteiger partial charge in [-0.3, -0.25) is 4.79 Å². The molecule has 9 heteroatoms. The molecule has 0 fully saturated rings. The number of rotatable bonds is 5. The van der Waals surface area contributed by atoms with Crippen LogP contribution in [0.3, 0.4) is 0 Å². The second-order valence-electron chi connectivity index (χ2n) is 4.09. The maximum absolute atomic E-state index is 10.6. The summed E-state index contributed by atoms with van der Waals surface area (Å²) in [5.41, 5.74) is 1.49. The van der Waals surface area contributed by atoms with Gasteiger partial charge in [0.15, 0.2) is 5.82 Å². The summed E-state index contributed by atoms with van der Waals surface area (Å²) in [6.45, 7) is 0.195. The zero-order valence-corrected chi connectivity index (χ0v) is 10.3. The molecule has 0 spiro atoms. The number of carboxylic acids is 1. The summed E-state index contributed by atoms with van der Waals surface area (Å²) in [5, 5.41) is 23.5. The summed E-state index contributed by atoms with van der Waals surface area (Å²) >= 11 is 0. The first kappa shape index (κ1) is 12.1. The number of hydrogen-bond donors (Lipinski definition) is 2. The molecular formula is C11H11N7O2. The number of hydrogen-bond acceptors (Lipinski definition) is 6. The minimum absolute atomic E-state index is 0.205. The summed E-state index contributed by atoms with van der Waals surface area (Å²) in [6.07, 6.45) is 6.66. The monoisotopic (exact) mass is 273 g/mol. The minimum atomic E-state index is -0.958. The predicted octanol–water partition coefficient (Wildman–Crippen LogP) is 0.0175. The lowest BCUT2D eigenvalue weighted by molar-refractivity contribution is -0.137. The lowest BCUT2D eigenvalue weighted by Gasteiger charge is -2.04. The minimum Gasteiger partial charge on any atom is -0.480 e. The van der Waals surface area contributed by atoms with Crippen LogP contribution >= 0.6 is 0 Å². The fourth-order valence-corrected chi connectivity index (χ4v) is 1.80. The molecule has 0 bridgehead atoms. The Morgan fingerprint density at radius 2 is 2.30 bits per heavy atom. The molecule has 3 rings (SSSR count). The summed E-state index contributed by atoms with van der Waals surface area (Å²) in [5.74, 6) is -0.280. The Morgan fingerprint density at radius 3 is 3.15 bits per heavy atom. The molecule has 0 aliphatic heterocycles. The first-order valence-corrected chi connectivity index (χ1v) is 5.85. The molecule has 102 valence electrons. The molecule has 9 nitrogen and oxygen atoms in total. The zero-order valence-electron chi connectivity index (χ0n) is 10.3. The van der Waals surface area contributed by atoms with Crippen molar-refractivity contribution in [3.63, 3.8) is 0 Å². The molecule has 0 atom stereocenters. The van der Waals surface area contributed by atoms with Gasteiger partial charge in [-0.1, -0.05) is 5.21 Å². The molecule has 20 heavy (non-hydrogen) atoms. The van der Waals surface area contributed by atoms with Gasteiger partial charge in [0, 0.05) is 12.4 Å². The zero-order chi connectivity index (χ0) is 13.9. The number of nitrogens with zero attached hydrogens (tertiary/aromatic N) is 6. The van der Waals surface area contributed by atoms with E-state index in [2.05, 4.69) is 25.7 Å². The number of nitrogens with one attached hydrogen (secondary N) is 1. The standard InChI is InChI=1S/C11H11N7O2/c19-10(20)7-17-6-8(15-16-17)5-13-11-9-1-2-14-18(9)4-3-12-11/h1-4,6H,5,7H2,(H,12,13)(H,19,20). The Labute approximate surface area is 112 Å². The van der Waals surface area contributed by atoms with Gasteiger partial charge < -0.3 is 10.4 Å². The van der Waals surface area contributed by atoms with Crippen molar-refractivity contribution < 1.29 is 9.90 Å². The molecule has 3 aromatic rings. The molecule has 3 aromatic heterocycles. The Morgan fingerprint density at radius 1 is 1.40 bits per heavy atom. The highest BCUT2D eigenvalue weighted by molar-refractivity contribution is 5.67. The molecule has 0 aromatic carbocycles. The fraction of sp³-hybridized carbons (Fsp3) is 0.182. The van der Waals surface area contributed by atoms with Gasteiger partial charge in [0.1, 0.15) is 17.8 Å². The third kappa shape index (κ3) is 2.41. The van der Waals surface area contributed by atoms with Gasteiger partial charge in [0.05, 0.1) is 18.9 Å². The normalized spacial score (nSPS) is 10.8. The van der Waals surface area contributed by atoms with E-state index in [4.69, 9.17) is 5.11 Å². The van der Waals surface area contributed by atoms with Crippen molar-refractivity contribution in [2.24, 2.45) is 0 Å². The van der Waals surface area contributed by atoms with E-state index in [1.165, 1.54) is 4.68 Å². The van der Waals surface area contributed by atoms with E-state index in [-0.39, 0.29) is 6.54 Å². The van der Waals surface area contributed by atoms with Crippen molar-refractivity contribution in [1.29, 1.82) is 0 Å². The lowest BCUT2D eigenvalue weighted by atomic mass is 10.4. The lowest BCUT2D eigenvalue weighted by Crippen LogP contribution is -2.09. The second kappa shape index (κ2) is 4.96. The Kier molecular flexibility index (Phi) is 2.99. The molecule has 0 saturated carbocycles. The predicted molar refractivity (Wildman–Crippen MR) is 68.0 cm³/mol. The number of carboxylic acid groups (broad SMARTS) is 1. The van der Waals surface area contributed by atoms with Crippen molar-refractivity contribution in [3.05, 3.63) is 36.5 Å². The fourth-order valence-electron chi connectivity index (χ4n) is 1.80. The van der Waals surface area contributed by atoms with Crippen LogP contribution in [0.15, 0.2) is 30.9 Å². The van der Waals surface area contributed by atoms with Crippen molar-refractivity contribution >= 4 is 17.3 Å². The molecule has 0 radical (unpaired) electrons. The van der Waals surface area contributed by atoms with Crippen molar-refractivity contribution in [2.75, 3.05) is 5.32 Å². The SMILES string of the molecule is O=C(O)Cn1cc(CNc2nccn3nccc23)nn1. The topological polar surface area (TPSA) is 110 Å². The largest absolute Gasteiger partial charge is 0.480 e. The van der Waals surface area contributed by atoms with Gasteiger partial charge in [-0.15, -0.1) is 5.10 Å². The summed E-state index contributed by atoms with van der Waals surface area (Å²) < 4.78 is 2.97. The maximum atomic E-state index is 10.6. The number of aliphatic carboxylic acids is 1. The smallest absolute Gasteiger partial charge is 0.325 e. The molecule has 0 aliphatic carbocycles. The third-order valence-corrected chi connectivity index (χ3v) is 2.64. The van der Waals surface area contributed by atoms with Gasteiger partial charge in [0.2, 0.25) is 0 Å². The third-order valence-electron chi connectivity index (χ3n) is 2.64. The molecule has 0 unspecified atom stereocenters. The van der Waals surface area contributed by atoms with E-state index >= 15 is 0 Å². The Hall–Kier alpha value is -2.97. The molecular weight excluding hydrogens is 262 g/mol. The quantitative estimate of drug-likeness (QED) is 0.674. The average Bonchev–Trinajstić information content (AvgIpc) is 3.04. The van der Waals surface area contributed by atoms with Gasteiger partial charge >= 0.3 is 5.97 Å². The van der Waals surface area contributed by atoms with Crippen molar-refractivity contribution in [3.8, 4) is 0 Å². The second-order valence-corrected chi connectivity index (χ2v) is 4.09. The van der Waals surface area contributed by atoms with Gasteiger partial charge in [-0.2, -0.15) is 5.10 Å². The van der Waals surface area contributed by atoms with Gasteiger partial charge in [0.25, 0.3) is 0 Å². The molecule has 3 heterocycles. The van der Waals surface area contributed by atoms with Crippen LogP contribution in [0.1, 0.15) is 5.69 Å². The van der Waals surface area contributed by atoms with Crippen molar-refractivity contribution in [2.45, 2.75) is 13.1 Å². The van der Waals surface area contributed by atoms with E-state index in [1.54, 1.807) is 29.3 Å². The maximum Gasteiger partial charge on any atom is 0.325 e. The number of anilines is 1. The Bertz CT molecular complexity index is 748. The van der Waals surface area contributed by atoms with Crippen molar-refractivity contribution in [1.82, 2.24) is 29.6 Å². The van der Waals surface area contributed by atoms with E-state index in [0.717, 1.165) is 5.52 Å². The molecule has 0 saturated heterocycles. The molecule has 2 N–H and O–H groups in total. The van der Waals surface area contributed by atoms with E-state index in [1.807, 2.05) is 6.07 Å². The van der Waals surface area contributed by atoms with Crippen LogP contribution in [0.2, 0.25) is 0 Å². The number of carbonyl (C=O) groups is 1. The summed E-state index contributed by atoms with van der Waals surface area (Å²) in [6, 6.07) is 1.84. The van der Waals surface area contributed by atoms with Crippen LogP contribution in [-0.4, -0.2) is 40.7 Å².